The van der Waals surface area contributed by atoms with Crippen molar-refractivity contribution in [3.05, 3.63) is 71.4 Å². The number of hydrogen-bond acceptors (Lipinski definition) is 6. The molecule has 2 heterocycles. The fraction of sp³-hybridized carbons (Fsp3) is 0.154. The summed E-state index contributed by atoms with van der Waals surface area (Å²) in [4.78, 5) is 11.2. The topological polar surface area (TPSA) is 96.0 Å². The van der Waals surface area contributed by atoms with E-state index in [1.165, 1.54) is 31.2 Å². The number of carbonyl (C=O) groups is 1. The van der Waals surface area contributed by atoms with Crippen LogP contribution in [0.5, 0.6) is 23.0 Å². The lowest BCUT2D eigenvalue weighted by molar-refractivity contribution is -0.274. The largest absolute Gasteiger partial charge is 0.573 e. The molecule has 2 aromatic heterocycles. The van der Waals surface area contributed by atoms with E-state index in [1.807, 2.05) is 0 Å². The Morgan fingerprint density at radius 2 is 1.82 bits per heavy atom. The van der Waals surface area contributed by atoms with Gasteiger partial charge in [0, 0.05) is 22.5 Å². The Kier molecular flexibility index (Phi) is 6.31. The molecule has 0 amide bonds. The third-order valence-corrected chi connectivity index (χ3v) is 5.90. The summed E-state index contributed by atoms with van der Waals surface area (Å²) in [5.74, 6) is -0.475. The van der Waals surface area contributed by atoms with E-state index in [0.717, 1.165) is 0 Å². The molecule has 0 saturated heterocycles. The van der Waals surface area contributed by atoms with Crippen LogP contribution in [-0.4, -0.2) is 33.3 Å². The molecule has 0 radical (unpaired) electrons. The highest BCUT2D eigenvalue weighted by atomic mass is 35.5. The zero-order valence-corrected chi connectivity index (χ0v) is 20.5. The van der Waals surface area contributed by atoms with E-state index in [4.69, 9.17) is 30.7 Å². The maximum atomic E-state index is 13.0. The van der Waals surface area contributed by atoms with E-state index >= 15 is 0 Å². The first kappa shape index (κ1) is 25.3. The summed E-state index contributed by atoms with van der Waals surface area (Å²) in [7, 11) is 0. The molecule has 12 heteroatoms. The van der Waals surface area contributed by atoms with Gasteiger partial charge in [-0.2, -0.15) is 0 Å². The maximum absolute atomic E-state index is 13.0. The average molecular weight is 547 g/mol. The van der Waals surface area contributed by atoms with E-state index in [2.05, 4.69) is 9.89 Å². The van der Waals surface area contributed by atoms with E-state index in [-0.39, 0.29) is 17.2 Å². The molecule has 5 rings (SSSR count). The van der Waals surface area contributed by atoms with Gasteiger partial charge in [-0.3, -0.25) is 4.57 Å². The number of fused-ring (bicyclic) bond motifs is 2. The number of carboxylic acids is 1. The van der Waals surface area contributed by atoms with Crippen LogP contribution < -0.4 is 14.2 Å². The van der Waals surface area contributed by atoms with Crippen LogP contribution in [0, 0.1) is 6.92 Å². The fourth-order valence-electron chi connectivity index (χ4n) is 4.01. The normalized spacial score (nSPS) is 12.6. The predicted octanol–water partition coefficient (Wildman–Crippen LogP) is 7.28. The van der Waals surface area contributed by atoms with Gasteiger partial charge in [0.2, 0.25) is 0 Å². The van der Waals surface area contributed by atoms with E-state index in [1.54, 1.807) is 47.9 Å². The minimum Gasteiger partial charge on any atom is -0.479 e. The quantitative estimate of drug-likeness (QED) is 0.229. The van der Waals surface area contributed by atoms with Crippen molar-refractivity contribution in [3.8, 4) is 28.8 Å². The van der Waals surface area contributed by atoms with Crippen LogP contribution in [0.1, 0.15) is 12.6 Å². The number of nitrogens with zero attached hydrogens (tertiary/aromatic N) is 2. The molecular weight excluding hydrogens is 529 g/mol. The van der Waals surface area contributed by atoms with E-state index in [0.29, 0.717) is 38.4 Å². The summed E-state index contributed by atoms with van der Waals surface area (Å²) in [6.07, 6.45) is -6.00. The molecule has 0 saturated carbocycles. The summed E-state index contributed by atoms with van der Waals surface area (Å²) >= 11 is 6.06. The summed E-state index contributed by atoms with van der Waals surface area (Å²) < 4.78 is 61.7. The van der Waals surface area contributed by atoms with Crippen molar-refractivity contribution in [2.24, 2.45) is 0 Å². The lowest BCUT2D eigenvalue weighted by Gasteiger charge is -2.12. The van der Waals surface area contributed by atoms with Gasteiger partial charge in [-0.25, -0.2) is 4.79 Å². The summed E-state index contributed by atoms with van der Waals surface area (Å²) in [5, 5.41) is 14.7. The van der Waals surface area contributed by atoms with Crippen LogP contribution in [0.4, 0.5) is 13.2 Å². The molecule has 196 valence electrons. The average Bonchev–Trinajstić information content (AvgIpc) is 3.36. The molecule has 8 nitrogen and oxygen atoms in total. The van der Waals surface area contributed by atoms with Gasteiger partial charge in [-0.05, 0) is 56.3 Å². The van der Waals surface area contributed by atoms with Crippen LogP contribution in [0.15, 0.2) is 65.2 Å². The highest BCUT2D eigenvalue weighted by Crippen LogP contribution is 2.42. The van der Waals surface area contributed by atoms with Crippen LogP contribution in [-0.2, 0) is 4.79 Å². The molecule has 0 spiro atoms. The Hall–Kier alpha value is -4.38. The zero-order valence-electron chi connectivity index (χ0n) is 19.7. The number of halogens is 4. The highest BCUT2D eigenvalue weighted by molar-refractivity contribution is 6.31. The van der Waals surface area contributed by atoms with Gasteiger partial charge in [0.25, 0.3) is 0 Å². The Labute approximate surface area is 217 Å². The smallest absolute Gasteiger partial charge is 0.479 e. The molecule has 0 bridgehead atoms. The van der Waals surface area contributed by atoms with E-state index < -0.39 is 24.2 Å². The number of aromatic nitrogens is 2. The third-order valence-electron chi connectivity index (χ3n) is 5.66. The number of ether oxygens (including phenoxy) is 3. The number of carboxylic acid groups (broad SMARTS) is 1. The molecule has 3 aromatic carbocycles. The second-order valence-electron chi connectivity index (χ2n) is 8.30. The Morgan fingerprint density at radius 3 is 2.55 bits per heavy atom. The second-order valence-corrected chi connectivity index (χ2v) is 8.74. The second kappa shape index (κ2) is 9.49. The lowest BCUT2D eigenvalue weighted by atomic mass is 10.2. The molecule has 38 heavy (non-hydrogen) atoms. The van der Waals surface area contributed by atoms with Crippen molar-refractivity contribution >= 4 is 39.4 Å². The number of alkyl halides is 3. The first-order valence-electron chi connectivity index (χ1n) is 11.1. The fourth-order valence-corrected chi connectivity index (χ4v) is 4.17. The summed E-state index contributed by atoms with van der Waals surface area (Å²) in [5.41, 5.74) is 1.40. The molecular formula is C26H18ClF3N2O6. The van der Waals surface area contributed by atoms with Crippen LogP contribution in [0.3, 0.4) is 0 Å². The van der Waals surface area contributed by atoms with Crippen LogP contribution in [0.2, 0.25) is 5.02 Å². The zero-order chi connectivity index (χ0) is 27.2. The Balaban J connectivity index is 1.65. The Bertz CT molecular complexity index is 1680. The SMILES string of the molecule is Cc1c(Oc2cccc(O[C@H](C)C(=O)O)c2)c2cc(OC(F)(F)F)ccc2n1-c1noc2cc(Cl)ccc12. The van der Waals surface area contributed by atoms with Crippen molar-refractivity contribution in [1.82, 2.24) is 9.72 Å². The highest BCUT2D eigenvalue weighted by Gasteiger charge is 2.32. The summed E-state index contributed by atoms with van der Waals surface area (Å²) in [6.45, 7) is 3.09. The molecule has 5 aromatic rings. The first-order valence-corrected chi connectivity index (χ1v) is 11.5. The molecule has 0 fully saturated rings. The monoisotopic (exact) mass is 546 g/mol. The van der Waals surface area contributed by atoms with Gasteiger partial charge < -0.3 is 23.8 Å². The van der Waals surface area contributed by atoms with Gasteiger partial charge >= 0.3 is 12.3 Å². The summed E-state index contributed by atoms with van der Waals surface area (Å²) in [6, 6.07) is 15.1. The van der Waals surface area contributed by atoms with Crippen molar-refractivity contribution in [2.75, 3.05) is 0 Å². The number of benzene rings is 3. The molecule has 0 aliphatic heterocycles. The van der Waals surface area contributed by atoms with Gasteiger partial charge in [0.1, 0.15) is 17.2 Å². The minimum atomic E-state index is -4.89. The Morgan fingerprint density at radius 1 is 1.05 bits per heavy atom. The number of rotatable bonds is 7. The van der Waals surface area contributed by atoms with Gasteiger partial charge in [-0.1, -0.05) is 22.8 Å². The molecule has 0 unspecified atom stereocenters. The van der Waals surface area contributed by atoms with Crippen molar-refractivity contribution in [1.29, 1.82) is 0 Å². The standard InChI is InChI=1S/C26H18ClF3N2O6/c1-13-23(36-17-5-3-4-16(11-17)35-14(2)25(33)34)20-12-18(37-26(28,29)30)7-9-21(20)32(13)24-19-8-6-15(27)10-22(19)38-31-24/h3-12,14H,1-2H3,(H,33,34)/t14-/m1/s1. The minimum absolute atomic E-state index is 0.223. The maximum Gasteiger partial charge on any atom is 0.573 e. The van der Waals surface area contributed by atoms with Crippen LogP contribution >= 0.6 is 11.6 Å². The van der Waals surface area contributed by atoms with E-state index in [9.17, 15) is 18.0 Å². The predicted molar refractivity (Wildman–Crippen MR) is 132 cm³/mol. The van der Waals surface area contributed by atoms with Gasteiger partial charge in [0.05, 0.1) is 16.6 Å². The van der Waals surface area contributed by atoms with Crippen molar-refractivity contribution < 1.29 is 41.8 Å². The molecule has 1 N–H and O–H groups in total. The molecule has 0 aliphatic rings. The third kappa shape index (κ3) is 4.92. The number of aliphatic carboxylic acids is 1. The van der Waals surface area contributed by atoms with Crippen LogP contribution in [0.25, 0.3) is 27.7 Å². The van der Waals surface area contributed by atoms with Crippen molar-refractivity contribution in [3.63, 3.8) is 0 Å². The van der Waals surface area contributed by atoms with Crippen molar-refractivity contribution in [2.45, 2.75) is 26.3 Å². The lowest BCUT2D eigenvalue weighted by Crippen LogP contribution is -2.22. The van der Waals surface area contributed by atoms with Gasteiger partial charge in [0.15, 0.2) is 23.3 Å². The molecule has 0 aliphatic carbocycles. The van der Waals surface area contributed by atoms with Gasteiger partial charge in [-0.15, -0.1) is 13.2 Å². The molecule has 1 atom stereocenters. The first-order chi connectivity index (χ1) is 18.0. The number of hydrogen-bond donors (Lipinski definition) is 1.